The molecule has 0 radical (unpaired) electrons. The van der Waals surface area contributed by atoms with Gasteiger partial charge in [-0.05, 0) is 36.7 Å². The molecule has 1 saturated heterocycles. The fraction of sp³-hybridized carbons (Fsp3) is 0.412. The van der Waals surface area contributed by atoms with E-state index in [4.69, 9.17) is 0 Å². The number of nitrogens with one attached hydrogen (secondary N) is 1. The Morgan fingerprint density at radius 1 is 1.16 bits per heavy atom. The molecule has 1 heterocycles. The van der Waals surface area contributed by atoms with E-state index in [0.29, 0.717) is 6.04 Å². The van der Waals surface area contributed by atoms with Crippen LogP contribution in [-0.2, 0) is 6.42 Å². The van der Waals surface area contributed by atoms with Gasteiger partial charge in [0, 0.05) is 25.7 Å². The first-order valence-corrected chi connectivity index (χ1v) is 7.12. The zero-order chi connectivity index (χ0) is 13.2. The Labute approximate surface area is 115 Å². The molecule has 0 aliphatic carbocycles. The average molecular weight is 254 g/mol. The van der Waals surface area contributed by atoms with E-state index < -0.39 is 0 Å². The molecule has 19 heavy (non-hydrogen) atoms. The van der Waals surface area contributed by atoms with Gasteiger partial charge in [-0.1, -0.05) is 42.0 Å². The zero-order valence-corrected chi connectivity index (χ0v) is 11.8. The Bertz CT molecular complexity index is 576. The first-order chi connectivity index (χ1) is 9.20. The SMILES string of the molecule is Cc1ccc2cc(CC3CN(C)CCN3)ccc2c1. The van der Waals surface area contributed by atoms with Gasteiger partial charge in [-0.15, -0.1) is 0 Å². The minimum Gasteiger partial charge on any atom is -0.311 e. The summed E-state index contributed by atoms with van der Waals surface area (Å²) in [5.41, 5.74) is 2.76. The molecule has 1 aliphatic heterocycles. The van der Waals surface area contributed by atoms with Crippen LogP contribution in [0.4, 0.5) is 0 Å². The highest BCUT2D eigenvalue weighted by Gasteiger charge is 2.16. The highest BCUT2D eigenvalue weighted by atomic mass is 15.2. The van der Waals surface area contributed by atoms with Crippen LogP contribution in [0, 0.1) is 6.92 Å². The lowest BCUT2D eigenvalue weighted by Gasteiger charge is -2.31. The van der Waals surface area contributed by atoms with Crippen LogP contribution in [0.1, 0.15) is 11.1 Å². The fourth-order valence-corrected chi connectivity index (χ4v) is 2.95. The molecule has 3 rings (SSSR count). The third-order valence-electron chi connectivity index (χ3n) is 4.00. The van der Waals surface area contributed by atoms with Crippen LogP contribution < -0.4 is 5.32 Å². The maximum absolute atomic E-state index is 3.61. The van der Waals surface area contributed by atoms with Crippen molar-refractivity contribution in [3.05, 3.63) is 47.5 Å². The van der Waals surface area contributed by atoms with Crippen LogP contribution in [-0.4, -0.2) is 37.6 Å². The van der Waals surface area contributed by atoms with Crippen molar-refractivity contribution in [2.45, 2.75) is 19.4 Å². The van der Waals surface area contributed by atoms with Crippen molar-refractivity contribution in [3.8, 4) is 0 Å². The second-order valence-corrected chi connectivity index (χ2v) is 5.80. The summed E-state index contributed by atoms with van der Waals surface area (Å²) in [6.07, 6.45) is 1.12. The molecule has 2 aromatic carbocycles. The standard InChI is InChI=1S/C17H22N2/c1-13-3-5-16-10-14(4-6-15(16)9-13)11-17-12-19(2)8-7-18-17/h3-6,9-10,17-18H,7-8,11-12H2,1-2H3. The highest BCUT2D eigenvalue weighted by Crippen LogP contribution is 2.19. The molecular weight excluding hydrogens is 232 g/mol. The van der Waals surface area contributed by atoms with E-state index in [1.807, 2.05) is 0 Å². The topological polar surface area (TPSA) is 15.3 Å². The molecule has 1 aliphatic rings. The molecule has 0 saturated carbocycles. The summed E-state index contributed by atoms with van der Waals surface area (Å²) in [5, 5.41) is 6.31. The summed E-state index contributed by atoms with van der Waals surface area (Å²) in [6, 6.07) is 14.1. The van der Waals surface area contributed by atoms with Crippen molar-refractivity contribution in [1.29, 1.82) is 0 Å². The molecule has 1 N–H and O–H groups in total. The predicted molar refractivity (Wildman–Crippen MR) is 81.7 cm³/mol. The molecule has 2 heteroatoms. The van der Waals surface area contributed by atoms with E-state index in [9.17, 15) is 0 Å². The summed E-state index contributed by atoms with van der Waals surface area (Å²) in [7, 11) is 2.21. The Hall–Kier alpha value is -1.38. The molecule has 0 amide bonds. The van der Waals surface area contributed by atoms with Gasteiger partial charge in [0.2, 0.25) is 0 Å². The molecule has 0 spiro atoms. The van der Waals surface area contributed by atoms with Gasteiger partial charge in [0.1, 0.15) is 0 Å². The maximum atomic E-state index is 3.61. The average Bonchev–Trinajstić information content (AvgIpc) is 2.39. The minimum atomic E-state index is 0.585. The number of hydrogen-bond acceptors (Lipinski definition) is 2. The van der Waals surface area contributed by atoms with Crippen molar-refractivity contribution in [3.63, 3.8) is 0 Å². The van der Waals surface area contributed by atoms with Crippen molar-refractivity contribution in [2.75, 3.05) is 26.7 Å². The van der Waals surface area contributed by atoms with Crippen LogP contribution >= 0.6 is 0 Å². The second kappa shape index (κ2) is 5.32. The number of rotatable bonds is 2. The van der Waals surface area contributed by atoms with Crippen LogP contribution in [0.15, 0.2) is 36.4 Å². The van der Waals surface area contributed by atoms with Crippen molar-refractivity contribution in [2.24, 2.45) is 0 Å². The van der Waals surface area contributed by atoms with Crippen molar-refractivity contribution < 1.29 is 0 Å². The van der Waals surface area contributed by atoms with Crippen LogP contribution in [0.3, 0.4) is 0 Å². The summed E-state index contributed by atoms with van der Waals surface area (Å²) >= 11 is 0. The number of benzene rings is 2. The summed E-state index contributed by atoms with van der Waals surface area (Å²) in [6.45, 7) is 5.56. The van der Waals surface area contributed by atoms with Crippen LogP contribution in [0.25, 0.3) is 10.8 Å². The molecule has 0 aromatic heterocycles. The number of aryl methyl sites for hydroxylation is 1. The lowest BCUT2D eigenvalue weighted by molar-refractivity contribution is 0.238. The van der Waals surface area contributed by atoms with E-state index in [1.165, 1.54) is 21.9 Å². The Morgan fingerprint density at radius 3 is 2.79 bits per heavy atom. The molecule has 1 fully saturated rings. The predicted octanol–water partition coefficient (Wildman–Crippen LogP) is 2.59. The molecule has 2 aromatic rings. The molecule has 1 atom stereocenters. The van der Waals surface area contributed by atoms with Crippen LogP contribution in [0.2, 0.25) is 0 Å². The summed E-state index contributed by atoms with van der Waals surface area (Å²) < 4.78 is 0. The third-order valence-corrected chi connectivity index (χ3v) is 4.00. The molecule has 100 valence electrons. The lowest BCUT2D eigenvalue weighted by atomic mass is 9.99. The number of nitrogens with zero attached hydrogens (tertiary/aromatic N) is 1. The van der Waals surface area contributed by atoms with Gasteiger partial charge in [0.05, 0.1) is 0 Å². The van der Waals surface area contributed by atoms with Gasteiger partial charge in [-0.25, -0.2) is 0 Å². The van der Waals surface area contributed by atoms with Gasteiger partial charge in [-0.3, -0.25) is 0 Å². The molecule has 2 nitrogen and oxygen atoms in total. The summed E-state index contributed by atoms with van der Waals surface area (Å²) in [5.74, 6) is 0. The van der Waals surface area contributed by atoms with Gasteiger partial charge < -0.3 is 10.2 Å². The highest BCUT2D eigenvalue weighted by molar-refractivity contribution is 5.83. The number of likely N-dealkylation sites (N-methyl/N-ethyl adjacent to an activating group) is 1. The van der Waals surface area contributed by atoms with Crippen molar-refractivity contribution >= 4 is 10.8 Å². The Balaban J connectivity index is 1.79. The molecule has 0 bridgehead atoms. The molecule has 1 unspecified atom stereocenters. The quantitative estimate of drug-likeness (QED) is 0.886. The van der Waals surface area contributed by atoms with Gasteiger partial charge in [0.15, 0.2) is 0 Å². The zero-order valence-electron chi connectivity index (χ0n) is 11.8. The third kappa shape index (κ3) is 2.96. The van der Waals surface area contributed by atoms with Crippen LogP contribution in [0.5, 0.6) is 0 Å². The normalized spacial score (nSPS) is 20.8. The maximum Gasteiger partial charge on any atom is 0.0235 e. The summed E-state index contributed by atoms with van der Waals surface area (Å²) in [4.78, 5) is 2.41. The van der Waals surface area contributed by atoms with Gasteiger partial charge >= 0.3 is 0 Å². The smallest absolute Gasteiger partial charge is 0.0235 e. The fourth-order valence-electron chi connectivity index (χ4n) is 2.95. The minimum absolute atomic E-state index is 0.585. The van der Waals surface area contributed by atoms with E-state index >= 15 is 0 Å². The van der Waals surface area contributed by atoms with Crippen molar-refractivity contribution in [1.82, 2.24) is 10.2 Å². The Morgan fingerprint density at radius 2 is 1.95 bits per heavy atom. The monoisotopic (exact) mass is 254 g/mol. The number of fused-ring (bicyclic) bond motifs is 1. The number of piperazine rings is 1. The van der Waals surface area contributed by atoms with E-state index in [2.05, 4.69) is 60.6 Å². The second-order valence-electron chi connectivity index (χ2n) is 5.80. The Kier molecular flexibility index (Phi) is 3.54. The van der Waals surface area contributed by atoms with E-state index in [1.54, 1.807) is 0 Å². The largest absolute Gasteiger partial charge is 0.311 e. The lowest BCUT2D eigenvalue weighted by Crippen LogP contribution is -2.49. The van der Waals surface area contributed by atoms with Gasteiger partial charge in [-0.2, -0.15) is 0 Å². The number of hydrogen-bond donors (Lipinski definition) is 1. The van der Waals surface area contributed by atoms with Gasteiger partial charge in [0.25, 0.3) is 0 Å². The first kappa shape index (κ1) is 12.6. The first-order valence-electron chi connectivity index (χ1n) is 7.12. The van der Waals surface area contributed by atoms with E-state index in [0.717, 1.165) is 26.1 Å². The van der Waals surface area contributed by atoms with E-state index in [-0.39, 0.29) is 0 Å². The molecular formula is C17H22N2.